The average molecular weight is 303 g/mol. The molecule has 0 amide bonds. The van der Waals surface area contributed by atoms with Gasteiger partial charge in [0.1, 0.15) is 0 Å². The number of aryl methyl sites for hydroxylation is 1. The minimum Gasteiger partial charge on any atom is -0.371 e. The first kappa shape index (κ1) is 11.8. The van der Waals surface area contributed by atoms with Gasteiger partial charge in [-0.25, -0.2) is 0 Å². The molecule has 1 aliphatic heterocycles. The van der Waals surface area contributed by atoms with E-state index < -0.39 is 0 Å². The van der Waals surface area contributed by atoms with E-state index >= 15 is 0 Å². The fourth-order valence-electron chi connectivity index (χ4n) is 2.16. The van der Waals surface area contributed by atoms with Gasteiger partial charge in [-0.3, -0.25) is 0 Å². The first-order valence-corrected chi connectivity index (χ1v) is 4.94. The lowest BCUT2D eigenvalue weighted by molar-refractivity contribution is 0.626. The van der Waals surface area contributed by atoms with Gasteiger partial charge in [0.2, 0.25) is 0 Å². The van der Waals surface area contributed by atoms with E-state index in [1.807, 2.05) is 0 Å². The second kappa shape index (κ2) is 4.09. The number of likely N-dealkylation sites (N-methyl/N-ethyl adjacent to an activating group) is 1. The molecule has 0 saturated heterocycles. The Balaban J connectivity index is 0.000000980. The van der Waals surface area contributed by atoms with E-state index in [1.165, 1.54) is 16.8 Å². The van der Waals surface area contributed by atoms with Gasteiger partial charge in [-0.2, -0.15) is 0 Å². The molecular formula is C12H18IN. The zero-order valence-corrected chi connectivity index (χ0v) is 11.6. The molecule has 14 heavy (non-hydrogen) atoms. The van der Waals surface area contributed by atoms with Crippen molar-refractivity contribution in [1.29, 1.82) is 0 Å². The van der Waals surface area contributed by atoms with Crippen molar-refractivity contribution in [3.05, 3.63) is 29.3 Å². The predicted molar refractivity (Wildman–Crippen MR) is 72.9 cm³/mol. The summed E-state index contributed by atoms with van der Waals surface area (Å²) in [5, 5.41) is 0. The maximum absolute atomic E-state index is 2.38. The number of rotatable bonds is 0. The van der Waals surface area contributed by atoms with Crippen molar-refractivity contribution in [3.8, 4) is 0 Å². The third-order valence-corrected chi connectivity index (χ3v) is 3.39. The maximum Gasteiger partial charge on any atom is 0.0404 e. The number of benzene rings is 1. The first-order chi connectivity index (χ1) is 6.11. The van der Waals surface area contributed by atoms with Crippen LogP contribution < -0.4 is 4.90 Å². The monoisotopic (exact) mass is 303 g/mol. The van der Waals surface area contributed by atoms with Crippen LogP contribution in [-0.4, -0.2) is 13.1 Å². The zero-order valence-electron chi connectivity index (χ0n) is 9.24. The van der Waals surface area contributed by atoms with Crippen molar-refractivity contribution < 1.29 is 0 Å². The standard InChI is InChI=1S/C12H17N.HI/c1-8-5-6-11-9(2)10(3)13(4)12(11)7-8;/h5-7,9-10H,1-4H3;1H. The highest BCUT2D eigenvalue weighted by Gasteiger charge is 2.29. The van der Waals surface area contributed by atoms with Crippen LogP contribution in [0.25, 0.3) is 0 Å². The third-order valence-electron chi connectivity index (χ3n) is 3.39. The number of nitrogens with zero attached hydrogens (tertiary/aromatic N) is 1. The van der Waals surface area contributed by atoms with Gasteiger partial charge in [0.25, 0.3) is 0 Å². The van der Waals surface area contributed by atoms with Gasteiger partial charge in [0.05, 0.1) is 0 Å². The summed E-state index contributed by atoms with van der Waals surface area (Å²) < 4.78 is 0. The number of hydrogen-bond donors (Lipinski definition) is 0. The van der Waals surface area contributed by atoms with E-state index in [4.69, 9.17) is 0 Å². The summed E-state index contributed by atoms with van der Waals surface area (Å²) in [6.45, 7) is 6.75. The summed E-state index contributed by atoms with van der Waals surface area (Å²) in [7, 11) is 2.19. The molecule has 0 aromatic heterocycles. The summed E-state index contributed by atoms with van der Waals surface area (Å²) in [6.07, 6.45) is 0. The van der Waals surface area contributed by atoms with E-state index in [1.54, 1.807) is 0 Å². The SMILES string of the molecule is Cc1ccc2c(c1)N(C)C(C)C2C.I. The molecule has 1 aliphatic rings. The van der Waals surface area contributed by atoms with Crippen molar-refractivity contribution in [2.24, 2.45) is 0 Å². The molecule has 1 heterocycles. The molecule has 0 aliphatic carbocycles. The lowest BCUT2D eigenvalue weighted by Gasteiger charge is -2.20. The van der Waals surface area contributed by atoms with E-state index in [0.29, 0.717) is 12.0 Å². The normalized spacial score (nSPS) is 24.4. The van der Waals surface area contributed by atoms with E-state index in [-0.39, 0.29) is 24.0 Å². The molecule has 1 aromatic carbocycles. The van der Waals surface area contributed by atoms with Gasteiger partial charge in [0, 0.05) is 24.7 Å². The van der Waals surface area contributed by atoms with Gasteiger partial charge in [-0.05, 0) is 31.0 Å². The summed E-state index contributed by atoms with van der Waals surface area (Å²) in [6, 6.07) is 7.41. The smallest absolute Gasteiger partial charge is 0.0404 e. The second-order valence-electron chi connectivity index (χ2n) is 4.20. The molecule has 2 unspecified atom stereocenters. The van der Waals surface area contributed by atoms with Crippen LogP contribution in [0, 0.1) is 6.92 Å². The van der Waals surface area contributed by atoms with Gasteiger partial charge in [-0.1, -0.05) is 19.1 Å². The number of hydrogen-bond acceptors (Lipinski definition) is 1. The third kappa shape index (κ3) is 1.64. The lowest BCUT2D eigenvalue weighted by atomic mass is 9.98. The molecule has 1 aromatic rings. The van der Waals surface area contributed by atoms with Gasteiger partial charge in [0.15, 0.2) is 0 Å². The van der Waals surface area contributed by atoms with Crippen molar-refractivity contribution in [2.75, 3.05) is 11.9 Å². The number of fused-ring (bicyclic) bond motifs is 1. The van der Waals surface area contributed by atoms with Crippen molar-refractivity contribution >= 4 is 29.7 Å². The van der Waals surface area contributed by atoms with Crippen molar-refractivity contribution in [3.63, 3.8) is 0 Å². The van der Waals surface area contributed by atoms with Crippen LogP contribution in [0.3, 0.4) is 0 Å². The highest BCUT2D eigenvalue weighted by molar-refractivity contribution is 14.0. The van der Waals surface area contributed by atoms with Crippen LogP contribution >= 0.6 is 24.0 Å². The molecule has 0 radical (unpaired) electrons. The van der Waals surface area contributed by atoms with Crippen LogP contribution in [0.1, 0.15) is 30.9 Å². The molecule has 0 saturated carbocycles. The summed E-state index contributed by atoms with van der Waals surface area (Å²) >= 11 is 0. The number of halogens is 1. The molecule has 2 rings (SSSR count). The van der Waals surface area contributed by atoms with E-state index in [0.717, 1.165) is 0 Å². The Morgan fingerprint density at radius 2 is 1.86 bits per heavy atom. The Bertz CT molecular complexity index is 335. The van der Waals surface area contributed by atoms with E-state index in [2.05, 4.69) is 50.9 Å². The van der Waals surface area contributed by atoms with Crippen LogP contribution in [0.2, 0.25) is 0 Å². The van der Waals surface area contributed by atoms with Crippen LogP contribution in [0.4, 0.5) is 5.69 Å². The van der Waals surface area contributed by atoms with Gasteiger partial charge < -0.3 is 4.90 Å². The average Bonchev–Trinajstić information content (AvgIpc) is 2.32. The minimum atomic E-state index is 0. The molecule has 0 N–H and O–H groups in total. The molecule has 1 nitrogen and oxygen atoms in total. The highest BCUT2D eigenvalue weighted by atomic mass is 127. The molecular weight excluding hydrogens is 285 g/mol. The Morgan fingerprint density at radius 1 is 1.21 bits per heavy atom. The Morgan fingerprint density at radius 3 is 2.50 bits per heavy atom. The van der Waals surface area contributed by atoms with Crippen LogP contribution in [-0.2, 0) is 0 Å². The van der Waals surface area contributed by atoms with Crippen molar-refractivity contribution in [2.45, 2.75) is 32.7 Å². The molecule has 0 fully saturated rings. The quantitative estimate of drug-likeness (QED) is 0.663. The van der Waals surface area contributed by atoms with Crippen LogP contribution in [0.15, 0.2) is 18.2 Å². The summed E-state index contributed by atoms with van der Waals surface area (Å²) in [4.78, 5) is 2.38. The first-order valence-electron chi connectivity index (χ1n) is 4.94. The minimum absolute atomic E-state index is 0. The zero-order chi connectivity index (χ0) is 9.59. The molecule has 2 heteroatoms. The fourth-order valence-corrected chi connectivity index (χ4v) is 2.16. The lowest BCUT2D eigenvalue weighted by Crippen LogP contribution is -2.25. The van der Waals surface area contributed by atoms with E-state index in [9.17, 15) is 0 Å². The van der Waals surface area contributed by atoms with Crippen LogP contribution in [0.5, 0.6) is 0 Å². The van der Waals surface area contributed by atoms with Gasteiger partial charge in [-0.15, -0.1) is 24.0 Å². The molecule has 2 atom stereocenters. The summed E-state index contributed by atoms with van der Waals surface area (Å²) in [5.41, 5.74) is 4.27. The second-order valence-corrected chi connectivity index (χ2v) is 4.20. The number of anilines is 1. The predicted octanol–water partition coefficient (Wildman–Crippen LogP) is 3.55. The molecule has 0 bridgehead atoms. The fraction of sp³-hybridized carbons (Fsp3) is 0.500. The molecule has 0 spiro atoms. The molecule has 78 valence electrons. The van der Waals surface area contributed by atoms with Gasteiger partial charge >= 0.3 is 0 Å². The summed E-state index contributed by atoms with van der Waals surface area (Å²) in [5.74, 6) is 0.667. The maximum atomic E-state index is 2.38. The Kier molecular flexibility index (Phi) is 3.45. The Labute approximate surface area is 104 Å². The Hall–Kier alpha value is -0.250. The van der Waals surface area contributed by atoms with Crippen molar-refractivity contribution in [1.82, 2.24) is 0 Å². The highest BCUT2D eigenvalue weighted by Crippen LogP contribution is 2.39. The largest absolute Gasteiger partial charge is 0.371 e. The topological polar surface area (TPSA) is 3.24 Å².